The molecule has 1 aliphatic heterocycles. The van der Waals surface area contributed by atoms with Crippen LogP contribution in [0.3, 0.4) is 0 Å². The van der Waals surface area contributed by atoms with Gasteiger partial charge < -0.3 is 14.2 Å². The summed E-state index contributed by atoms with van der Waals surface area (Å²) in [5, 5.41) is 0. The quantitative estimate of drug-likeness (QED) is 0.764. The second-order valence-corrected chi connectivity index (χ2v) is 6.43. The molecule has 134 valence electrons. The second kappa shape index (κ2) is 8.71. The van der Waals surface area contributed by atoms with E-state index in [9.17, 15) is 4.79 Å². The van der Waals surface area contributed by atoms with Crippen LogP contribution in [0.15, 0.2) is 31.1 Å². The van der Waals surface area contributed by atoms with Gasteiger partial charge in [-0.25, -0.2) is 15.0 Å². The first kappa shape index (κ1) is 17.5. The molecule has 1 saturated heterocycles. The average Bonchev–Trinajstić information content (AvgIpc) is 3.14. The molecule has 0 spiro atoms. The van der Waals surface area contributed by atoms with Crippen LogP contribution in [0, 0.1) is 6.92 Å². The van der Waals surface area contributed by atoms with E-state index < -0.39 is 0 Å². The minimum absolute atomic E-state index is 0.0848. The normalized spacial score (nSPS) is 17.6. The van der Waals surface area contributed by atoms with Gasteiger partial charge in [-0.2, -0.15) is 0 Å². The molecule has 1 fully saturated rings. The molecule has 7 heteroatoms. The van der Waals surface area contributed by atoms with E-state index in [-0.39, 0.29) is 12.0 Å². The zero-order valence-corrected chi connectivity index (χ0v) is 14.7. The van der Waals surface area contributed by atoms with Crippen molar-refractivity contribution in [2.24, 2.45) is 0 Å². The average molecular weight is 343 g/mol. The van der Waals surface area contributed by atoms with Crippen molar-refractivity contribution in [2.75, 3.05) is 19.7 Å². The van der Waals surface area contributed by atoms with Crippen molar-refractivity contribution in [3.8, 4) is 0 Å². The van der Waals surface area contributed by atoms with Gasteiger partial charge in [0.2, 0.25) is 5.91 Å². The van der Waals surface area contributed by atoms with Gasteiger partial charge in [0.25, 0.3) is 0 Å². The highest BCUT2D eigenvalue weighted by molar-refractivity contribution is 5.76. The van der Waals surface area contributed by atoms with E-state index in [0.29, 0.717) is 26.1 Å². The Balaban J connectivity index is 1.41. The van der Waals surface area contributed by atoms with Crippen LogP contribution in [0.2, 0.25) is 0 Å². The summed E-state index contributed by atoms with van der Waals surface area (Å²) < 4.78 is 7.82. The topological polar surface area (TPSA) is 73.1 Å². The molecule has 0 N–H and O–H groups in total. The lowest BCUT2D eigenvalue weighted by Crippen LogP contribution is -2.45. The van der Waals surface area contributed by atoms with Crippen molar-refractivity contribution in [1.29, 1.82) is 0 Å². The van der Waals surface area contributed by atoms with Crippen LogP contribution in [-0.2, 0) is 22.5 Å². The molecule has 1 atom stereocenters. The second-order valence-electron chi connectivity index (χ2n) is 6.43. The molecule has 0 aliphatic carbocycles. The molecule has 3 heterocycles. The SMILES string of the molecule is Cc1cc(CC[C@H]2CN(C(=O)CCCn3ccnc3)CCO2)ncn1. The van der Waals surface area contributed by atoms with Gasteiger partial charge in [-0.1, -0.05) is 0 Å². The number of aromatic nitrogens is 4. The van der Waals surface area contributed by atoms with Crippen molar-refractivity contribution >= 4 is 5.91 Å². The van der Waals surface area contributed by atoms with Crippen LogP contribution in [-0.4, -0.2) is 56.1 Å². The van der Waals surface area contributed by atoms with Crippen molar-refractivity contribution in [1.82, 2.24) is 24.4 Å². The fourth-order valence-electron chi connectivity index (χ4n) is 3.07. The molecule has 7 nitrogen and oxygen atoms in total. The molecular formula is C18H25N5O2. The largest absolute Gasteiger partial charge is 0.375 e. The molecule has 0 bridgehead atoms. The number of imidazole rings is 1. The van der Waals surface area contributed by atoms with Gasteiger partial charge in [0.05, 0.1) is 19.0 Å². The minimum atomic E-state index is 0.0848. The lowest BCUT2D eigenvalue weighted by molar-refractivity contribution is -0.139. The fourth-order valence-corrected chi connectivity index (χ4v) is 3.07. The molecule has 3 rings (SSSR count). The van der Waals surface area contributed by atoms with Crippen LogP contribution in [0.25, 0.3) is 0 Å². The molecular weight excluding hydrogens is 318 g/mol. The highest BCUT2D eigenvalue weighted by atomic mass is 16.5. The van der Waals surface area contributed by atoms with Crippen molar-refractivity contribution in [2.45, 2.75) is 45.3 Å². The Morgan fingerprint density at radius 2 is 2.32 bits per heavy atom. The van der Waals surface area contributed by atoms with E-state index in [1.165, 1.54) is 0 Å². The maximum Gasteiger partial charge on any atom is 0.222 e. The van der Waals surface area contributed by atoms with E-state index in [1.807, 2.05) is 28.7 Å². The summed E-state index contributed by atoms with van der Waals surface area (Å²) in [4.78, 5) is 26.8. The lowest BCUT2D eigenvalue weighted by Gasteiger charge is -2.33. The highest BCUT2D eigenvalue weighted by Gasteiger charge is 2.23. The van der Waals surface area contributed by atoms with E-state index >= 15 is 0 Å². The smallest absolute Gasteiger partial charge is 0.222 e. The van der Waals surface area contributed by atoms with E-state index in [4.69, 9.17) is 4.74 Å². The first-order chi connectivity index (χ1) is 12.2. The van der Waals surface area contributed by atoms with Crippen molar-refractivity contribution in [3.05, 3.63) is 42.5 Å². The Morgan fingerprint density at radius 1 is 1.40 bits per heavy atom. The summed E-state index contributed by atoms with van der Waals surface area (Å²) in [7, 11) is 0. The molecule has 0 unspecified atom stereocenters. The minimum Gasteiger partial charge on any atom is -0.375 e. The fraction of sp³-hybridized carbons (Fsp3) is 0.556. The zero-order chi connectivity index (χ0) is 17.5. The maximum absolute atomic E-state index is 12.4. The van der Waals surface area contributed by atoms with Gasteiger partial charge in [-0.15, -0.1) is 0 Å². The van der Waals surface area contributed by atoms with Gasteiger partial charge in [-0.3, -0.25) is 4.79 Å². The van der Waals surface area contributed by atoms with Crippen LogP contribution in [0.1, 0.15) is 30.7 Å². The van der Waals surface area contributed by atoms with Crippen LogP contribution in [0.4, 0.5) is 0 Å². The Kier molecular flexibility index (Phi) is 6.11. The monoisotopic (exact) mass is 343 g/mol. The number of aryl methyl sites for hydroxylation is 3. The number of rotatable bonds is 7. The molecule has 1 aliphatic rings. The van der Waals surface area contributed by atoms with Gasteiger partial charge in [0.15, 0.2) is 0 Å². The molecule has 0 radical (unpaired) electrons. The standard InChI is InChI=1S/C18H25N5O2/c1-15-11-16(21-13-20-15)4-5-17-12-23(9-10-25-17)18(24)3-2-7-22-8-6-19-14-22/h6,8,11,13-14,17H,2-5,7,9-10,12H2,1H3/t17-/m0/s1. The number of morpholine rings is 1. The first-order valence-corrected chi connectivity index (χ1v) is 8.83. The summed E-state index contributed by atoms with van der Waals surface area (Å²) in [5.41, 5.74) is 2.00. The number of nitrogens with zero attached hydrogens (tertiary/aromatic N) is 5. The third kappa shape index (κ3) is 5.35. The number of hydrogen-bond donors (Lipinski definition) is 0. The molecule has 25 heavy (non-hydrogen) atoms. The molecule has 2 aromatic heterocycles. The number of ether oxygens (including phenoxy) is 1. The van der Waals surface area contributed by atoms with Crippen LogP contribution in [0.5, 0.6) is 0 Å². The predicted molar refractivity (Wildman–Crippen MR) is 92.9 cm³/mol. The Hall–Kier alpha value is -2.28. The molecule has 0 aromatic carbocycles. The Bertz CT molecular complexity index is 674. The van der Waals surface area contributed by atoms with Crippen molar-refractivity contribution in [3.63, 3.8) is 0 Å². The summed E-state index contributed by atoms with van der Waals surface area (Å²) >= 11 is 0. The summed E-state index contributed by atoms with van der Waals surface area (Å²) in [5.74, 6) is 0.214. The summed E-state index contributed by atoms with van der Waals surface area (Å²) in [6, 6.07) is 2.00. The summed E-state index contributed by atoms with van der Waals surface area (Å²) in [6.45, 7) is 4.76. The number of carbonyl (C=O) groups excluding carboxylic acids is 1. The molecule has 2 aromatic rings. The van der Waals surface area contributed by atoms with E-state index in [1.54, 1.807) is 18.9 Å². The predicted octanol–water partition coefficient (Wildman–Crippen LogP) is 1.62. The van der Waals surface area contributed by atoms with E-state index in [0.717, 1.165) is 37.2 Å². The number of amides is 1. The van der Waals surface area contributed by atoms with Crippen molar-refractivity contribution < 1.29 is 9.53 Å². The van der Waals surface area contributed by atoms with Crippen LogP contribution >= 0.6 is 0 Å². The van der Waals surface area contributed by atoms with Gasteiger partial charge >= 0.3 is 0 Å². The lowest BCUT2D eigenvalue weighted by atomic mass is 10.1. The maximum atomic E-state index is 12.4. The van der Waals surface area contributed by atoms with E-state index in [2.05, 4.69) is 15.0 Å². The third-order valence-corrected chi connectivity index (χ3v) is 4.44. The Morgan fingerprint density at radius 3 is 3.12 bits per heavy atom. The molecule has 1 amide bonds. The molecule has 0 saturated carbocycles. The summed E-state index contributed by atoms with van der Waals surface area (Å²) in [6.07, 6.45) is 10.3. The third-order valence-electron chi connectivity index (χ3n) is 4.44. The first-order valence-electron chi connectivity index (χ1n) is 8.83. The number of hydrogen-bond acceptors (Lipinski definition) is 5. The Labute approximate surface area is 148 Å². The zero-order valence-electron chi connectivity index (χ0n) is 14.7. The van der Waals surface area contributed by atoms with Crippen LogP contribution < -0.4 is 0 Å². The van der Waals surface area contributed by atoms with Gasteiger partial charge in [0, 0.05) is 49.8 Å². The highest BCUT2D eigenvalue weighted by Crippen LogP contribution is 2.13. The number of carbonyl (C=O) groups is 1. The van der Waals surface area contributed by atoms with Gasteiger partial charge in [0.1, 0.15) is 6.33 Å². The van der Waals surface area contributed by atoms with Gasteiger partial charge in [-0.05, 0) is 32.3 Å².